The van der Waals surface area contributed by atoms with Crippen LogP contribution in [0.5, 0.6) is 0 Å². The molecule has 0 saturated heterocycles. The van der Waals surface area contributed by atoms with E-state index < -0.39 is 11.6 Å². The minimum atomic E-state index is -0.940. The van der Waals surface area contributed by atoms with Crippen molar-refractivity contribution in [3.8, 4) is 5.69 Å². The minimum Gasteiger partial charge on any atom is -0.382 e. The maximum Gasteiger partial charge on any atom is 0.160 e. The maximum absolute atomic E-state index is 13.5. The predicted molar refractivity (Wildman–Crippen MR) is 98.5 cm³/mol. The number of hydrogen-bond donors (Lipinski definition) is 1. The zero-order chi connectivity index (χ0) is 19.1. The van der Waals surface area contributed by atoms with Gasteiger partial charge in [-0.1, -0.05) is 12.1 Å². The second-order valence-corrected chi connectivity index (χ2v) is 6.82. The molecule has 0 bridgehead atoms. The van der Waals surface area contributed by atoms with E-state index in [0.29, 0.717) is 22.7 Å². The molecule has 1 atom stereocenters. The Balaban J connectivity index is 1.78. The number of benzene rings is 1. The number of anilines is 1. The summed E-state index contributed by atoms with van der Waals surface area (Å²) in [7, 11) is 0. The number of hydrogen-bond acceptors (Lipinski definition) is 5. The molecule has 10 heteroatoms. The van der Waals surface area contributed by atoms with Crippen molar-refractivity contribution in [2.45, 2.75) is 19.3 Å². The molecule has 0 aliphatic rings. The summed E-state index contributed by atoms with van der Waals surface area (Å²) >= 11 is 3.50. The Bertz CT molecular complexity index is 1140. The number of rotatable bonds is 4. The van der Waals surface area contributed by atoms with Gasteiger partial charge < -0.3 is 5.73 Å². The maximum atomic E-state index is 13.5. The van der Waals surface area contributed by atoms with Crippen molar-refractivity contribution in [1.29, 1.82) is 0 Å². The molecule has 0 aliphatic heterocycles. The van der Waals surface area contributed by atoms with Crippen LogP contribution in [0.1, 0.15) is 30.7 Å². The second kappa shape index (κ2) is 6.69. The summed E-state index contributed by atoms with van der Waals surface area (Å²) in [6, 6.07) is 5.49. The highest BCUT2D eigenvalue weighted by atomic mass is 79.9. The first-order valence-corrected chi connectivity index (χ1v) is 8.94. The van der Waals surface area contributed by atoms with Gasteiger partial charge in [0.25, 0.3) is 0 Å². The van der Waals surface area contributed by atoms with Gasteiger partial charge in [-0.3, -0.25) is 0 Å². The Kier molecular flexibility index (Phi) is 4.34. The Labute approximate surface area is 161 Å². The Morgan fingerprint density at radius 3 is 2.78 bits per heavy atom. The molecule has 0 fully saturated rings. The van der Waals surface area contributed by atoms with Crippen LogP contribution < -0.4 is 5.73 Å². The molecule has 4 rings (SSSR count). The molecule has 4 aromatic rings. The van der Waals surface area contributed by atoms with E-state index in [2.05, 4.69) is 36.3 Å². The van der Waals surface area contributed by atoms with Crippen molar-refractivity contribution in [3.63, 3.8) is 0 Å². The summed E-state index contributed by atoms with van der Waals surface area (Å²) in [5, 5.41) is 12.6. The Morgan fingerprint density at radius 1 is 1.22 bits per heavy atom. The molecule has 0 radical (unpaired) electrons. The molecule has 2 N–H and O–H groups in total. The zero-order valence-corrected chi connectivity index (χ0v) is 15.7. The summed E-state index contributed by atoms with van der Waals surface area (Å²) in [6.07, 6.45) is 3.81. The lowest BCUT2D eigenvalue weighted by Gasteiger charge is -2.11. The normalized spacial score (nSPS) is 12.6. The van der Waals surface area contributed by atoms with E-state index in [9.17, 15) is 8.78 Å². The molecule has 3 aromatic heterocycles. The number of aromatic nitrogens is 6. The SMILES string of the molecule is CCC(c1cn(-c2ccc(F)c(F)c2)nn1)c1cc(Br)c2c(N)ncnn12. The summed E-state index contributed by atoms with van der Waals surface area (Å²) in [5.41, 5.74) is 8.56. The molecule has 1 unspecified atom stereocenters. The average Bonchev–Trinajstić information content (AvgIpc) is 3.25. The fourth-order valence-corrected chi connectivity index (χ4v) is 3.66. The van der Waals surface area contributed by atoms with E-state index in [1.54, 1.807) is 10.7 Å². The Morgan fingerprint density at radius 2 is 2.04 bits per heavy atom. The van der Waals surface area contributed by atoms with Crippen LogP contribution in [-0.2, 0) is 0 Å². The summed E-state index contributed by atoms with van der Waals surface area (Å²) < 4.78 is 30.6. The third-order valence-electron chi connectivity index (χ3n) is 4.36. The highest BCUT2D eigenvalue weighted by Gasteiger charge is 2.23. The van der Waals surface area contributed by atoms with Crippen molar-refractivity contribution in [2.24, 2.45) is 0 Å². The van der Waals surface area contributed by atoms with Crippen LogP contribution in [0.25, 0.3) is 11.2 Å². The molecular weight excluding hydrogens is 420 g/mol. The van der Waals surface area contributed by atoms with Crippen LogP contribution in [0.2, 0.25) is 0 Å². The highest BCUT2D eigenvalue weighted by Crippen LogP contribution is 2.33. The van der Waals surface area contributed by atoms with Gasteiger partial charge in [0.1, 0.15) is 11.8 Å². The van der Waals surface area contributed by atoms with Gasteiger partial charge in [-0.05, 0) is 40.5 Å². The first-order valence-electron chi connectivity index (χ1n) is 8.15. The molecule has 138 valence electrons. The van der Waals surface area contributed by atoms with E-state index >= 15 is 0 Å². The molecule has 3 heterocycles. The van der Waals surface area contributed by atoms with Gasteiger partial charge in [0, 0.05) is 16.5 Å². The molecule has 0 amide bonds. The molecule has 0 saturated carbocycles. The van der Waals surface area contributed by atoms with Crippen molar-refractivity contribution in [1.82, 2.24) is 29.6 Å². The molecule has 27 heavy (non-hydrogen) atoms. The summed E-state index contributed by atoms with van der Waals surface area (Å²) in [5.74, 6) is -1.61. The van der Waals surface area contributed by atoms with E-state index in [-0.39, 0.29) is 5.92 Å². The van der Waals surface area contributed by atoms with E-state index in [1.165, 1.54) is 17.1 Å². The van der Waals surface area contributed by atoms with E-state index in [0.717, 1.165) is 28.7 Å². The van der Waals surface area contributed by atoms with Crippen LogP contribution in [0, 0.1) is 11.6 Å². The largest absolute Gasteiger partial charge is 0.382 e. The lowest BCUT2D eigenvalue weighted by Crippen LogP contribution is -2.07. The standard InChI is InChI=1S/C17H14BrF2N7/c1-2-10(15-6-11(18)16-17(21)22-8-23-27(15)16)14-7-26(25-24-14)9-3-4-12(19)13(20)5-9/h3-8,10H,2H2,1H3,(H2,21,22,23). The average molecular weight is 434 g/mol. The quantitative estimate of drug-likeness (QED) is 0.532. The van der Waals surface area contributed by atoms with Gasteiger partial charge >= 0.3 is 0 Å². The van der Waals surface area contributed by atoms with Gasteiger partial charge in [-0.2, -0.15) is 5.10 Å². The van der Waals surface area contributed by atoms with Gasteiger partial charge in [-0.25, -0.2) is 23.0 Å². The molecule has 7 nitrogen and oxygen atoms in total. The smallest absolute Gasteiger partial charge is 0.160 e. The van der Waals surface area contributed by atoms with E-state index in [4.69, 9.17) is 5.73 Å². The number of nitrogens with two attached hydrogens (primary N) is 1. The molecule has 1 aromatic carbocycles. The topological polar surface area (TPSA) is 86.9 Å². The molecule has 0 spiro atoms. The van der Waals surface area contributed by atoms with Gasteiger partial charge in [0.15, 0.2) is 17.5 Å². The second-order valence-electron chi connectivity index (χ2n) is 5.97. The number of nitrogen functional groups attached to an aromatic ring is 1. The first kappa shape index (κ1) is 17.5. The van der Waals surface area contributed by atoms with Gasteiger partial charge in [0.05, 0.1) is 23.3 Å². The van der Waals surface area contributed by atoms with Crippen LogP contribution in [-0.4, -0.2) is 29.6 Å². The number of fused-ring (bicyclic) bond motifs is 1. The van der Waals surface area contributed by atoms with Gasteiger partial charge in [-0.15, -0.1) is 5.10 Å². The summed E-state index contributed by atoms with van der Waals surface area (Å²) in [4.78, 5) is 4.02. The van der Waals surface area contributed by atoms with Crippen molar-refractivity contribution in [3.05, 3.63) is 64.3 Å². The van der Waals surface area contributed by atoms with Crippen LogP contribution in [0.15, 0.2) is 41.3 Å². The minimum absolute atomic E-state index is 0.128. The van der Waals surface area contributed by atoms with Crippen LogP contribution in [0.4, 0.5) is 14.6 Å². The Hall–Kier alpha value is -2.88. The van der Waals surface area contributed by atoms with Crippen LogP contribution >= 0.6 is 15.9 Å². The van der Waals surface area contributed by atoms with Crippen molar-refractivity contribution in [2.75, 3.05) is 5.73 Å². The first-order chi connectivity index (χ1) is 13.0. The third kappa shape index (κ3) is 2.95. The number of halogens is 3. The fraction of sp³-hybridized carbons (Fsp3) is 0.176. The van der Waals surface area contributed by atoms with Crippen molar-refractivity contribution >= 4 is 27.3 Å². The monoisotopic (exact) mass is 433 g/mol. The van der Waals surface area contributed by atoms with E-state index in [1.807, 2.05) is 13.0 Å². The fourth-order valence-electron chi connectivity index (χ4n) is 3.05. The third-order valence-corrected chi connectivity index (χ3v) is 4.97. The highest BCUT2D eigenvalue weighted by molar-refractivity contribution is 9.10. The van der Waals surface area contributed by atoms with Crippen LogP contribution in [0.3, 0.4) is 0 Å². The predicted octanol–water partition coefficient (Wildman–Crippen LogP) is 3.47. The zero-order valence-electron chi connectivity index (χ0n) is 14.1. The molecule has 0 aliphatic carbocycles. The lowest BCUT2D eigenvalue weighted by molar-refractivity contribution is 0.507. The number of nitrogens with zero attached hydrogens (tertiary/aromatic N) is 6. The molecular formula is C17H14BrF2N7. The summed E-state index contributed by atoms with van der Waals surface area (Å²) in [6.45, 7) is 2.01. The van der Waals surface area contributed by atoms with Crippen molar-refractivity contribution < 1.29 is 8.78 Å². The van der Waals surface area contributed by atoms with Gasteiger partial charge in [0.2, 0.25) is 0 Å². The lowest BCUT2D eigenvalue weighted by atomic mass is 9.99.